The zero-order valence-electron chi connectivity index (χ0n) is 11.4. The molecule has 1 nitrogen and oxygen atoms in total. The summed E-state index contributed by atoms with van der Waals surface area (Å²) in [7, 11) is 0. The van der Waals surface area contributed by atoms with E-state index in [9.17, 15) is 4.79 Å². The van der Waals surface area contributed by atoms with Crippen LogP contribution in [-0.2, 0) is 0 Å². The lowest BCUT2D eigenvalue weighted by Gasteiger charge is -2.09. The number of benzene rings is 3. The van der Waals surface area contributed by atoms with Crippen molar-refractivity contribution in [1.82, 2.24) is 0 Å². The number of fused-ring (bicyclic) bond motifs is 1. The van der Waals surface area contributed by atoms with E-state index in [1.807, 2.05) is 36.4 Å². The van der Waals surface area contributed by atoms with Crippen LogP contribution < -0.4 is 0 Å². The number of hydrogen-bond acceptors (Lipinski definition) is 1. The summed E-state index contributed by atoms with van der Waals surface area (Å²) in [6.07, 6.45) is 0. The highest BCUT2D eigenvalue weighted by Crippen LogP contribution is 2.27. The molecule has 0 atom stereocenters. The van der Waals surface area contributed by atoms with Crippen LogP contribution in [0.15, 0.2) is 59.1 Å². The third-order valence-corrected chi connectivity index (χ3v) is 4.78. The first-order valence-corrected chi connectivity index (χ1v) is 7.73. The Labute approximate surface area is 136 Å². The maximum atomic E-state index is 12.8. The molecule has 3 aromatic rings. The summed E-state index contributed by atoms with van der Waals surface area (Å²) in [6.45, 7) is 2.05. The molecule has 0 aromatic heterocycles. The van der Waals surface area contributed by atoms with Crippen LogP contribution in [0.2, 0.25) is 5.02 Å². The van der Waals surface area contributed by atoms with Gasteiger partial charge in [0, 0.05) is 15.6 Å². The molecule has 0 heterocycles. The van der Waals surface area contributed by atoms with Gasteiger partial charge in [-0.3, -0.25) is 4.79 Å². The van der Waals surface area contributed by atoms with E-state index >= 15 is 0 Å². The average Bonchev–Trinajstić information content (AvgIpc) is 2.50. The fraction of sp³-hybridized carbons (Fsp3) is 0.0556. The van der Waals surface area contributed by atoms with E-state index in [-0.39, 0.29) is 5.78 Å². The highest BCUT2D eigenvalue weighted by molar-refractivity contribution is 9.10. The van der Waals surface area contributed by atoms with E-state index in [1.165, 1.54) is 5.56 Å². The third-order valence-electron chi connectivity index (χ3n) is 3.57. The summed E-state index contributed by atoms with van der Waals surface area (Å²) in [5.74, 6) is 0.00330. The molecule has 3 heteroatoms. The van der Waals surface area contributed by atoms with Gasteiger partial charge in [-0.1, -0.05) is 48.0 Å². The largest absolute Gasteiger partial charge is 0.289 e. The van der Waals surface area contributed by atoms with E-state index < -0.39 is 0 Å². The standard InChI is InChI=1S/C18H12BrClO/c1-11-6-8-15(14-5-3-2-4-13(11)14)18(21)12-7-9-17(20)16(19)10-12/h2-10H,1H3. The van der Waals surface area contributed by atoms with E-state index in [0.29, 0.717) is 16.1 Å². The van der Waals surface area contributed by atoms with Gasteiger partial charge < -0.3 is 0 Å². The van der Waals surface area contributed by atoms with Crippen molar-refractivity contribution >= 4 is 44.1 Å². The molecular formula is C18H12BrClO. The molecule has 0 aliphatic carbocycles. The number of carbonyl (C=O) groups is 1. The van der Waals surface area contributed by atoms with Crippen LogP contribution in [0.4, 0.5) is 0 Å². The lowest BCUT2D eigenvalue weighted by Crippen LogP contribution is -2.02. The molecule has 0 bridgehead atoms. The van der Waals surface area contributed by atoms with Crippen molar-refractivity contribution < 1.29 is 4.79 Å². The molecule has 3 aromatic carbocycles. The molecule has 104 valence electrons. The zero-order valence-corrected chi connectivity index (χ0v) is 13.7. The van der Waals surface area contributed by atoms with Crippen LogP contribution in [0.1, 0.15) is 21.5 Å². The minimum atomic E-state index is 0.00330. The van der Waals surface area contributed by atoms with Crippen LogP contribution in [0, 0.1) is 6.92 Å². The number of carbonyl (C=O) groups excluding carboxylic acids is 1. The van der Waals surface area contributed by atoms with Gasteiger partial charge in [0.05, 0.1) is 5.02 Å². The van der Waals surface area contributed by atoms with Crippen LogP contribution in [0.5, 0.6) is 0 Å². The second-order valence-corrected chi connectivity index (χ2v) is 6.20. The van der Waals surface area contributed by atoms with Gasteiger partial charge in [0.15, 0.2) is 5.78 Å². The Morgan fingerprint density at radius 3 is 2.43 bits per heavy atom. The molecule has 0 saturated carbocycles. The quantitative estimate of drug-likeness (QED) is 0.529. The predicted molar refractivity (Wildman–Crippen MR) is 91.3 cm³/mol. The van der Waals surface area contributed by atoms with Crippen LogP contribution >= 0.6 is 27.5 Å². The Bertz CT molecular complexity index is 855. The SMILES string of the molecule is Cc1ccc(C(=O)c2ccc(Cl)c(Br)c2)c2ccccc12. The first-order valence-electron chi connectivity index (χ1n) is 6.56. The summed E-state index contributed by atoms with van der Waals surface area (Å²) in [4.78, 5) is 12.8. The number of halogens is 2. The molecule has 0 unspecified atom stereocenters. The Balaban J connectivity index is 2.18. The Morgan fingerprint density at radius 2 is 1.71 bits per heavy atom. The molecular weight excluding hydrogens is 348 g/mol. The van der Waals surface area contributed by atoms with E-state index in [4.69, 9.17) is 11.6 Å². The van der Waals surface area contributed by atoms with Crippen LogP contribution in [0.3, 0.4) is 0 Å². The second kappa shape index (κ2) is 5.63. The topological polar surface area (TPSA) is 17.1 Å². The van der Waals surface area contributed by atoms with Gasteiger partial charge in [0.25, 0.3) is 0 Å². The molecule has 0 fully saturated rings. The van der Waals surface area contributed by atoms with Crippen LogP contribution in [-0.4, -0.2) is 5.78 Å². The highest BCUT2D eigenvalue weighted by Gasteiger charge is 2.14. The van der Waals surface area contributed by atoms with Crippen molar-refractivity contribution in [2.24, 2.45) is 0 Å². The number of hydrogen-bond donors (Lipinski definition) is 0. The molecule has 21 heavy (non-hydrogen) atoms. The van der Waals surface area contributed by atoms with Gasteiger partial charge in [0.1, 0.15) is 0 Å². The van der Waals surface area contributed by atoms with Crippen LogP contribution in [0.25, 0.3) is 10.8 Å². The maximum Gasteiger partial charge on any atom is 0.193 e. The molecule has 0 aliphatic heterocycles. The minimum absolute atomic E-state index is 0.00330. The normalized spacial score (nSPS) is 10.8. The average molecular weight is 360 g/mol. The van der Waals surface area contributed by atoms with Crippen molar-refractivity contribution in [1.29, 1.82) is 0 Å². The third kappa shape index (κ3) is 2.61. The zero-order chi connectivity index (χ0) is 15.0. The second-order valence-electron chi connectivity index (χ2n) is 4.93. The lowest BCUT2D eigenvalue weighted by atomic mass is 9.95. The Morgan fingerprint density at radius 1 is 1.00 bits per heavy atom. The fourth-order valence-corrected chi connectivity index (χ4v) is 2.94. The predicted octanol–water partition coefficient (Wildman–Crippen LogP) is 5.80. The van der Waals surface area contributed by atoms with Gasteiger partial charge in [-0.25, -0.2) is 0 Å². The van der Waals surface area contributed by atoms with Gasteiger partial charge >= 0.3 is 0 Å². The number of ketones is 1. The summed E-state index contributed by atoms with van der Waals surface area (Å²) in [6, 6.07) is 17.1. The van der Waals surface area contributed by atoms with Gasteiger partial charge in [0.2, 0.25) is 0 Å². The molecule has 0 amide bonds. The van der Waals surface area contributed by atoms with Gasteiger partial charge in [-0.15, -0.1) is 0 Å². The minimum Gasteiger partial charge on any atom is -0.289 e. The summed E-state index contributed by atoms with van der Waals surface area (Å²) in [5.41, 5.74) is 2.50. The molecule has 0 aliphatic rings. The molecule has 0 saturated heterocycles. The monoisotopic (exact) mass is 358 g/mol. The van der Waals surface area contributed by atoms with E-state index in [0.717, 1.165) is 15.2 Å². The van der Waals surface area contributed by atoms with Gasteiger partial charge in [-0.05, 0) is 57.4 Å². The fourth-order valence-electron chi connectivity index (χ4n) is 2.44. The molecule has 3 rings (SSSR count). The molecule has 0 N–H and O–H groups in total. The molecule has 0 radical (unpaired) electrons. The smallest absolute Gasteiger partial charge is 0.193 e. The van der Waals surface area contributed by atoms with E-state index in [2.05, 4.69) is 22.9 Å². The van der Waals surface area contributed by atoms with Gasteiger partial charge in [-0.2, -0.15) is 0 Å². The van der Waals surface area contributed by atoms with Crippen molar-refractivity contribution in [3.05, 3.63) is 80.8 Å². The van der Waals surface area contributed by atoms with Crippen molar-refractivity contribution in [3.8, 4) is 0 Å². The highest BCUT2D eigenvalue weighted by atomic mass is 79.9. The lowest BCUT2D eigenvalue weighted by molar-refractivity contribution is 0.104. The van der Waals surface area contributed by atoms with Crippen molar-refractivity contribution in [3.63, 3.8) is 0 Å². The van der Waals surface area contributed by atoms with Crippen molar-refractivity contribution in [2.45, 2.75) is 6.92 Å². The Kier molecular flexibility index (Phi) is 3.83. The molecule has 0 spiro atoms. The summed E-state index contributed by atoms with van der Waals surface area (Å²) >= 11 is 9.35. The number of rotatable bonds is 2. The maximum absolute atomic E-state index is 12.8. The number of aryl methyl sites for hydroxylation is 1. The summed E-state index contributed by atoms with van der Waals surface area (Å²) in [5, 5.41) is 2.69. The Hall–Kier alpha value is -1.64. The first kappa shape index (κ1) is 14.3. The first-order chi connectivity index (χ1) is 10.1. The van der Waals surface area contributed by atoms with Crippen molar-refractivity contribution in [2.75, 3.05) is 0 Å². The summed E-state index contributed by atoms with van der Waals surface area (Å²) < 4.78 is 0.728. The van der Waals surface area contributed by atoms with E-state index in [1.54, 1.807) is 18.2 Å².